The number of hydrogen-bond acceptors (Lipinski definition) is 10. The fourth-order valence-electron chi connectivity index (χ4n) is 4.21. The lowest BCUT2D eigenvalue weighted by molar-refractivity contribution is -0.0381. The van der Waals surface area contributed by atoms with Gasteiger partial charge in [-0.2, -0.15) is 9.97 Å². The highest BCUT2D eigenvalue weighted by Gasteiger charge is 2.52. The molecular weight excluding hydrogens is 573 g/mol. The average molecular weight is 597 g/mol. The van der Waals surface area contributed by atoms with E-state index in [0.717, 1.165) is 5.56 Å². The van der Waals surface area contributed by atoms with Gasteiger partial charge in [0.05, 0.1) is 18.8 Å². The molecule has 3 aromatic rings. The number of anilines is 1. The fraction of sp³-hybridized carbons (Fsp3) is 0.474. The molecule has 1 fully saturated rings. The average Bonchev–Trinajstić information content (AvgIpc) is 3.30. The minimum atomic E-state index is -4.83. The van der Waals surface area contributed by atoms with Crippen molar-refractivity contribution in [2.45, 2.75) is 38.1 Å². The molecule has 37 heavy (non-hydrogen) atoms. The van der Waals surface area contributed by atoms with Crippen LogP contribution >= 0.6 is 38.4 Å². The predicted octanol–water partition coefficient (Wildman–Crippen LogP) is 2.15. The van der Waals surface area contributed by atoms with Gasteiger partial charge in [0.2, 0.25) is 5.28 Å². The summed E-state index contributed by atoms with van der Waals surface area (Å²) < 4.78 is 29.4. The quantitative estimate of drug-likeness (QED) is 0.154. The van der Waals surface area contributed by atoms with Crippen LogP contribution in [0.1, 0.15) is 24.9 Å². The van der Waals surface area contributed by atoms with Gasteiger partial charge in [0, 0.05) is 17.0 Å². The Morgan fingerprint density at radius 1 is 1.19 bits per heavy atom. The van der Waals surface area contributed by atoms with Gasteiger partial charge in [-0.1, -0.05) is 41.9 Å². The molecule has 1 aliphatic rings. The maximum atomic E-state index is 12.1. The topological polar surface area (TPSA) is 213 Å². The molecule has 0 bridgehead atoms. The van der Waals surface area contributed by atoms with Crippen molar-refractivity contribution in [3.63, 3.8) is 0 Å². The summed E-state index contributed by atoms with van der Waals surface area (Å²) >= 11 is 12.3. The minimum absolute atomic E-state index is 0.00624. The fourth-order valence-corrected chi connectivity index (χ4v) is 7.26. The number of nitrogens with one attached hydrogen (secondary N) is 1. The molecule has 2 heterocycles. The molecule has 1 aliphatic carbocycles. The third kappa shape index (κ3) is 6.31. The number of rotatable bonds is 9. The van der Waals surface area contributed by atoms with E-state index in [9.17, 15) is 24.2 Å². The van der Waals surface area contributed by atoms with Crippen molar-refractivity contribution in [2.24, 2.45) is 5.41 Å². The molecule has 202 valence electrons. The van der Waals surface area contributed by atoms with E-state index in [4.69, 9.17) is 37.5 Å². The third-order valence-electron chi connectivity index (χ3n) is 6.08. The van der Waals surface area contributed by atoms with E-state index in [1.807, 2.05) is 12.1 Å². The molecule has 0 aliphatic heterocycles. The first kappa shape index (κ1) is 28.3. The number of aromatic nitrogens is 5. The molecule has 0 amide bonds. The van der Waals surface area contributed by atoms with Gasteiger partial charge in [0.25, 0.3) is 0 Å². The third-order valence-corrected chi connectivity index (χ3v) is 10.1. The summed E-state index contributed by atoms with van der Waals surface area (Å²) in [6, 6.07) is 6.31. The standard InChI is InChI=1S/C19H24Cl2N6O8P2/c1-19(8-35-37(33,34)9-36(30,31)32)6-12(14(28)15(19)29)27-17-13(25-26-27)16(23-18(21)24-17)22-7-10-4-2-3-5-11(10)20/h2-5,12,14-15,28-29H,6-9H2,1H3,(H,33,34)(H,22,23,24)(H2,30,31,32)/t12-,14+,15+,19-/m1/s1. The molecule has 1 saturated carbocycles. The molecule has 4 rings (SSSR count). The lowest BCUT2D eigenvalue weighted by Crippen LogP contribution is -2.37. The van der Waals surface area contributed by atoms with Gasteiger partial charge in [0.15, 0.2) is 22.9 Å². The van der Waals surface area contributed by atoms with Crippen LogP contribution in [-0.2, 0) is 20.2 Å². The van der Waals surface area contributed by atoms with E-state index in [-0.39, 0.29) is 28.7 Å². The first-order chi connectivity index (χ1) is 17.2. The number of halogens is 2. The van der Waals surface area contributed by atoms with Crippen molar-refractivity contribution >= 4 is 55.4 Å². The Labute approximate surface area is 220 Å². The molecular formula is C19H24Cl2N6O8P2. The van der Waals surface area contributed by atoms with Crippen molar-refractivity contribution in [1.29, 1.82) is 0 Å². The van der Waals surface area contributed by atoms with Crippen LogP contribution in [0.3, 0.4) is 0 Å². The van der Waals surface area contributed by atoms with Gasteiger partial charge >= 0.3 is 15.2 Å². The predicted molar refractivity (Wildman–Crippen MR) is 133 cm³/mol. The van der Waals surface area contributed by atoms with Gasteiger partial charge in [-0.15, -0.1) is 5.10 Å². The van der Waals surface area contributed by atoms with Crippen LogP contribution in [0.15, 0.2) is 24.3 Å². The zero-order valence-corrected chi connectivity index (χ0v) is 22.5. The van der Waals surface area contributed by atoms with Crippen molar-refractivity contribution in [1.82, 2.24) is 25.0 Å². The molecule has 1 unspecified atom stereocenters. The Kier molecular flexibility index (Phi) is 8.00. The Morgan fingerprint density at radius 3 is 2.57 bits per heavy atom. The van der Waals surface area contributed by atoms with Crippen LogP contribution in [-0.4, -0.2) is 74.6 Å². The smallest absolute Gasteiger partial charge is 0.340 e. The summed E-state index contributed by atoms with van der Waals surface area (Å²) in [5, 5.41) is 33.2. The van der Waals surface area contributed by atoms with E-state index in [2.05, 4.69) is 25.6 Å². The first-order valence-electron chi connectivity index (χ1n) is 10.8. The van der Waals surface area contributed by atoms with Gasteiger partial charge < -0.3 is 34.7 Å². The lowest BCUT2D eigenvalue weighted by Gasteiger charge is -2.29. The second-order valence-corrected chi connectivity index (χ2v) is 13.8. The zero-order valence-electron chi connectivity index (χ0n) is 19.2. The summed E-state index contributed by atoms with van der Waals surface area (Å²) in [5.74, 6) is -1.11. The SMILES string of the molecule is C[C@]1(COP(=O)(O)CP(=O)(O)O)C[C@@H](n2nnc3c(NCc4ccccc4Cl)nc(Cl)nc32)[C@H](O)[C@@H]1O. The monoisotopic (exact) mass is 596 g/mol. The lowest BCUT2D eigenvalue weighted by atomic mass is 9.87. The van der Waals surface area contributed by atoms with Crippen LogP contribution < -0.4 is 5.32 Å². The molecule has 0 saturated heterocycles. The zero-order chi connectivity index (χ0) is 27.2. The van der Waals surface area contributed by atoms with Crippen molar-refractivity contribution in [3.05, 3.63) is 40.1 Å². The van der Waals surface area contributed by atoms with E-state index >= 15 is 0 Å². The minimum Gasteiger partial charge on any atom is -0.390 e. The molecule has 6 N–H and O–H groups in total. The molecule has 0 radical (unpaired) electrons. The second-order valence-electron chi connectivity index (χ2n) is 9.07. The number of nitrogens with zero attached hydrogens (tertiary/aromatic N) is 5. The van der Waals surface area contributed by atoms with Crippen LogP contribution in [0.25, 0.3) is 11.2 Å². The number of aliphatic hydroxyl groups is 2. The van der Waals surface area contributed by atoms with E-state index in [1.165, 1.54) is 11.6 Å². The van der Waals surface area contributed by atoms with E-state index < -0.39 is 51.4 Å². The van der Waals surface area contributed by atoms with Crippen molar-refractivity contribution in [2.75, 3.05) is 17.8 Å². The van der Waals surface area contributed by atoms with Gasteiger partial charge in [-0.3, -0.25) is 9.13 Å². The van der Waals surface area contributed by atoms with Gasteiger partial charge in [-0.05, 0) is 29.7 Å². The first-order valence-corrected chi connectivity index (χ1v) is 15.1. The largest absolute Gasteiger partial charge is 0.390 e. The number of aliphatic hydroxyl groups excluding tert-OH is 2. The molecule has 0 spiro atoms. The number of hydrogen-bond donors (Lipinski definition) is 6. The Hall–Kier alpha value is -1.70. The number of fused-ring (bicyclic) bond motifs is 1. The van der Waals surface area contributed by atoms with Crippen LogP contribution in [0.2, 0.25) is 10.3 Å². The second kappa shape index (κ2) is 10.5. The van der Waals surface area contributed by atoms with E-state index in [1.54, 1.807) is 12.1 Å². The van der Waals surface area contributed by atoms with Crippen LogP contribution in [0, 0.1) is 5.41 Å². The molecule has 18 heteroatoms. The summed E-state index contributed by atoms with van der Waals surface area (Å²) in [5.41, 5.74) is -0.0798. The highest BCUT2D eigenvalue weighted by Crippen LogP contribution is 2.57. The summed E-state index contributed by atoms with van der Waals surface area (Å²) in [4.78, 5) is 36.1. The highest BCUT2D eigenvalue weighted by molar-refractivity contribution is 7.70. The molecule has 14 nitrogen and oxygen atoms in total. The number of benzene rings is 1. The highest BCUT2D eigenvalue weighted by atomic mass is 35.5. The Morgan fingerprint density at radius 2 is 1.89 bits per heavy atom. The molecule has 5 atom stereocenters. The Bertz CT molecular complexity index is 1410. The summed E-state index contributed by atoms with van der Waals surface area (Å²) in [6.07, 6.45) is -2.86. The van der Waals surface area contributed by atoms with E-state index in [0.29, 0.717) is 11.6 Å². The maximum absolute atomic E-state index is 12.1. The summed E-state index contributed by atoms with van der Waals surface area (Å²) in [7, 11) is -9.50. The normalized spacial score (nSPS) is 25.9. The van der Waals surface area contributed by atoms with Crippen LogP contribution in [0.4, 0.5) is 5.82 Å². The van der Waals surface area contributed by atoms with Crippen LogP contribution in [0.5, 0.6) is 0 Å². The maximum Gasteiger partial charge on any atom is 0.340 e. The Balaban J connectivity index is 1.57. The molecule has 2 aromatic heterocycles. The van der Waals surface area contributed by atoms with Crippen molar-refractivity contribution in [3.8, 4) is 0 Å². The molecule has 1 aromatic carbocycles. The summed E-state index contributed by atoms with van der Waals surface area (Å²) in [6.45, 7) is 1.23. The van der Waals surface area contributed by atoms with Gasteiger partial charge in [0.1, 0.15) is 6.10 Å². The van der Waals surface area contributed by atoms with Crippen molar-refractivity contribution < 1.29 is 38.5 Å². The van der Waals surface area contributed by atoms with Gasteiger partial charge in [-0.25, -0.2) is 4.68 Å².